The third-order valence-corrected chi connectivity index (χ3v) is 3.51. The summed E-state index contributed by atoms with van der Waals surface area (Å²) in [7, 11) is 0. The largest absolute Gasteiger partial charge is 0.449 e. The smallest absolute Gasteiger partial charge is 0.338 e. The van der Waals surface area contributed by atoms with Crippen LogP contribution >= 0.6 is 0 Å². The van der Waals surface area contributed by atoms with E-state index in [9.17, 15) is 18.8 Å². The van der Waals surface area contributed by atoms with Crippen molar-refractivity contribution < 1.29 is 23.5 Å². The van der Waals surface area contributed by atoms with Gasteiger partial charge in [-0.05, 0) is 49.7 Å². The third-order valence-electron chi connectivity index (χ3n) is 3.51. The molecule has 0 aliphatic rings. The van der Waals surface area contributed by atoms with Crippen LogP contribution in [0.4, 0.5) is 15.8 Å². The molecule has 2 aromatic rings. The van der Waals surface area contributed by atoms with E-state index in [2.05, 4.69) is 10.6 Å². The van der Waals surface area contributed by atoms with Gasteiger partial charge in [-0.15, -0.1) is 0 Å². The van der Waals surface area contributed by atoms with E-state index in [1.165, 1.54) is 38.1 Å². The number of hydrogen-bond donors (Lipinski definition) is 2. The number of rotatable bonds is 5. The molecule has 2 N–H and O–H groups in total. The lowest BCUT2D eigenvalue weighted by Gasteiger charge is -2.14. The number of ether oxygens (including phenoxy) is 1. The second-order valence-corrected chi connectivity index (χ2v) is 5.76. The Labute approximate surface area is 150 Å². The molecule has 6 nitrogen and oxygen atoms in total. The Kier molecular flexibility index (Phi) is 6.06. The maximum atomic E-state index is 13.5. The number of nitrogens with one attached hydrogen (secondary N) is 2. The van der Waals surface area contributed by atoms with Crippen molar-refractivity contribution in [1.82, 2.24) is 0 Å². The molecule has 0 heterocycles. The molecule has 26 heavy (non-hydrogen) atoms. The van der Waals surface area contributed by atoms with Gasteiger partial charge in [-0.25, -0.2) is 9.18 Å². The zero-order valence-corrected chi connectivity index (χ0v) is 14.6. The van der Waals surface area contributed by atoms with Gasteiger partial charge in [0.05, 0.1) is 5.56 Å². The Balaban J connectivity index is 2.00. The first-order valence-electron chi connectivity index (χ1n) is 7.92. The second-order valence-electron chi connectivity index (χ2n) is 5.76. The highest BCUT2D eigenvalue weighted by Crippen LogP contribution is 2.15. The quantitative estimate of drug-likeness (QED) is 0.804. The van der Waals surface area contributed by atoms with Gasteiger partial charge in [-0.1, -0.05) is 12.1 Å². The molecule has 0 fully saturated rings. The summed E-state index contributed by atoms with van der Waals surface area (Å²) in [5.74, 6) is -2.01. The maximum Gasteiger partial charge on any atom is 0.338 e. The van der Waals surface area contributed by atoms with E-state index < -0.39 is 23.8 Å². The number of halogens is 1. The summed E-state index contributed by atoms with van der Waals surface area (Å²) in [4.78, 5) is 35.4. The Bertz CT molecular complexity index is 851. The molecule has 2 amide bonds. The Morgan fingerprint density at radius 3 is 2.38 bits per heavy atom. The van der Waals surface area contributed by atoms with Crippen LogP contribution in [-0.2, 0) is 14.3 Å². The molecule has 0 aromatic heterocycles. The van der Waals surface area contributed by atoms with Gasteiger partial charge in [0.2, 0.25) is 5.91 Å². The summed E-state index contributed by atoms with van der Waals surface area (Å²) < 4.78 is 18.7. The highest BCUT2D eigenvalue weighted by molar-refractivity contribution is 5.98. The van der Waals surface area contributed by atoms with E-state index in [4.69, 9.17) is 4.74 Å². The van der Waals surface area contributed by atoms with Crippen molar-refractivity contribution in [3.8, 4) is 0 Å². The molecule has 0 aliphatic carbocycles. The lowest BCUT2D eigenvalue weighted by Crippen LogP contribution is -2.30. The van der Waals surface area contributed by atoms with Crippen molar-refractivity contribution >= 4 is 29.2 Å². The average Bonchev–Trinajstić information content (AvgIpc) is 2.57. The average molecular weight is 358 g/mol. The molecule has 136 valence electrons. The monoisotopic (exact) mass is 358 g/mol. The first kappa shape index (κ1) is 19.1. The molecule has 2 rings (SSSR count). The van der Waals surface area contributed by atoms with E-state index in [1.54, 1.807) is 25.1 Å². The summed E-state index contributed by atoms with van der Waals surface area (Å²) >= 11 is 0. The lowest BCUT2D eigenvalue weighted by atomic mass is 10.2. The lowest BCUT2D eigenvalue weighted by molar-refractivity contribution is -0.123. The van der Waals surface area contributed by atoms with Crippen LogP contribution in [0.3, 0.4) is 0 Å². The van der Waals surface area contributed by atoms with Gasteiger partial charge in [0.25, 0.3) is 5.91 Å². The van der Waals surface area contributed by atoms with Crippen molar-refractivity contribution in [2.75, 3.05) is 10.6 Å². The van der Waals surface area contributed by atoms with Gasteiger partial charge in [0.1, 0.15) is 5.82 Å². The van der Waals surface area contributed by atoms with Crippen molar-refractivity contribution in [2.24, 2.45) is 0 Å². The number of aryl methyl sites for hydroxylation is 1. The molecule has 0 saturated carbocycles. The van der Waals surface area contributed by atoms with E-state index in [0.29, 0.717) is 11.3 Å². The molecule has 0 unspecified atom stereocenters. The molecule has 0 saturated heterocycles. The molecule has 0 radical (unpaired) electrons. The number of hydrogen-bond acceptors (Lipinski definition) is 4. The summed E-state index contributed by atoms with van der Waals surface area (Å²) in [5.41, 5.74) is 1.37. The van der Waals surface area contributed by atoms with Crippen LogP contribution < -0.4 is 10.6 Å². The van der Waals surface area contributed by atoms with Crippen LogP contribution in [0, 0.1) is 12.7 Å². The fourth-order valence-corrected chi connectivity index (χ4v) is 2.12. The number of esters is 1. The molecule has 1 atom stereocenters. The van der Waals surface area contributed by atoms with E-state index >= 15 is 0 Å². The minimum atomic E-state index is -1.09. The Hall–Kier alpha value is -3.22. The highest BCUT2D eigenvalue weighted by atomic mass is 19.1. The summed E-state index contributed by atoms with van der Waals surface area (Å²) in [6, 6.07) is 10.5. The van der Waals surface area contributed by atoms with E-state index in [-0.39, 0.29) is 17.2 Å². The van der Waals surface area contributed by atoms with Crippen LogP contribution in [0.2, 0.25) is 0 Å². The predicted octanol–water partition coefficient (Wildman–Crippen LogP) is 3.28. The van der Waals surface area contributed by atoms with Gasteiger partial charge >= 0.3 is 5.97 Å². The highest BCUT2D eigenvalue weighted by Gasteiger charge is 2.19. The summed E-state index contributed by atoms with van der Waals surface area (Å²) in [6.45, 7) is 4.38. The third kappa shape index (κ3) is 5.14. The second kappa shape index (κ2) is 8.24. The number of anilines is 2. The topological polar surface area (TPSA) is 84.5 Å². The van der Waals surface area contributed by atoms with Gasteiger partial charge < -0.3 is 15.4 Å². The summed E-state index contributed by atoms with van der Waals surface area (Å²) in [6.07, 6.45) is -1.09. The minimum Gasteiger partial charge on any atom is -0.449 e. The van der Waals surface area contributed by atoms with Crippen LogP contribution in [0.5, 0.6) is 0 Å². The molecule has 0 bridgehead atoms. The Morgan fingerprint density at radius 2 is 1.73 bits per heavy atom. The zero-order chi connectivity index (χ0) is 19.3. The fraction of sp³-hybridized carbons (Fsp3) is 0.211. The number of benzene rings is 2. The number of carbonyl (C=O) groups excluding carboxylic acids is 3. The van der Waals surface area contributed by atoms with Gasteiger partial charge in [-0.3, -0.25) is 9.59 Å². The normalized spacial score (nSPS) is 11.4. The predicted molar refractivity (Wildman–Crippen MR) is 95.4 cm³/mol. The molecule has 0 spiro atoms. The first-order valence-corrected chi connectivity index (χ1v) is 7.92. The molecular weight excluding hydrogens is 339 g/mol. The first-order chi connectivity index (χ1) is 12.3. The van der Waals surface area contributed by atoms with E-state index in [1.807, 2.05) is 0 Å². The van der Waals surface area contributed by atoms with Crippen LogP contribution in [0.1, 0.15) is 29.8 Å². The van der Waals surface area contributed by atoms with Crippen molar-refractivity contribution in [2.45, 2.75) is 26.9 Å². The summed E-state index contributed by atoms with van der Waals surface area (Å²) in [5, 5.41) is 5.05. The van der Waals surface area contributed by atoms with Gasteiger partial charge in [0, 0.05) is 18.3 Å². The fourth-order valence-electron chi connectivity index (χ4n) is 2.12. The molecule has 7 heteroatoms. The van der Waals surface area contributed by atoms with E-state index in [0.717, 1.165) is 0 Å². The SMILES string of the molecule is CC(=O)Nc1cccc(C(=O)O[C@H](C)C(=O)Nc2ccc(C)c(F)c2)c1. The van der Waals surface area contributed by atoms with Gasteiger partial charge in [0.15, 0.2) is 6.10 Å². The number of carbonyl (C=O) groups is 3. The van der Waals surface area contributed by atoms with Crippen LogP contribution in [0.25, 0.3) is 0 Å². The van der Waals surface area contributed by atoms with Crippen molar-refractivity contribution in [3.05, 3.63) is 59.4 Å². The van der Waals surface area contributed by atoms with Crippen molar-refractivity contribution in [3.63, 3.8) is 0 Å². The molecule has 2 aromatic carbocycles. The molecule has 0 aliphatic heterocycles. The van der Waals surface area contributed by atoms with Crippen LogP contribution in [-0.4, -0.2) is 23.9 Å². The Morgan fingerprint density at radius 1 is 1.04 bits per heavy atom. The van der Waals surface area contributed by atoms with Crippen LogP contribution in [0.15, 0.2) is 42.5 Å². The zero-order valence-electron chi connectivity index (χ0n) is 14.6. The maximum absolute atomic E-state index is 13.5. The minimum absolute atomic E-state index is 0.192. The molecular formula is C19H19FN2O4. The standard InChI is InChI=1S/C19H19FN2O4/c1-11-7-8-16(10-17(11)20)22-18(24)12(2)26-19(25)14-5-4-6-15(9-14)21-13(3)23/h4-10,12H,1-3H3,(H,21,23)(H,22,24)/t12-/m1/s1. The number of amides is 2. The van der Waals surface area contributed by atoms with Crippen molar-refractivity contribution in [1.29, 1.82) is 0 Å². The van der Waals surface area contributed by atoms with Gasteiger partial charge in [-0.2, -0.15) is 0 Å².